The lowest BCUT2D eigenvalue weighted by Gasteiger charge is -2.03. The van der Waals surface area contributed by atoms with Gasteiger partial charge < -0.3 is 0 Å². The molecule has 0 amide bonds. The third kappa shape index (κ3) is 1.99. The van der Waals surface area contributed by atoms with Gasteiger partial charge in [0.1, 0.15) is 0 Å². The molecule has 78 valence electrons. The summed E-state index contributed by atoms with van der Waals surface area (Å²) in [4.78, 5) is 8.53. The van der Waals surface area contributed by atoms with Crippen molar-refractivity contribution in [2.75, 3.05) is 0 Å². The third-order valence-electron chi connectivity index (χ3n) is 2.13. The average molecular weight is 223 g/mol. The van der Waals surface area contributed by atoms with Gasteiger partial charge in [0.15, 0.2) is 0 Å². The van der Waals surface area contributed by atoms with E-state index in [2.05, 4.69) is 15.1 Å². The van der Waals surface area contributed by atoms with Gasteiger partial charge in [0, 0.05) is 23.7 Å². The lowest BCUT2D eigenvalue weighted by molar-refractivity contribution is 0.796. The van der Waals surface area contributed by atoms with Crippen LogP contribution in [0.1, 0.15) is 16.8 Å². The Kier molecular flexibility index (Phi) is 2.68. The Morgan fingerprint density at radius 2 is 2.13 bits per heavy atom. The monoisotopic (exact) mass is 222 g/mol. The van der Waals surface area contributed by atoms with Crippen LogP contribution in [0.5, 0.6) is 0 Å². The number of nitrogens with zero attached hydrogens (tertiary/aromatic N) is 4. The summed E-state index contributed by atoms with van der Waals surface area (Å²) in [5.74, 6) is 1.01. The van der Waals surface area contributed by atoms with Gasteiger partial charge in [-0.15, -0.1) is 11.6 Å². The minimum absolute atomic E-state index is 0.435. The number of halogens is 1. The lowest BCUT2D eigenvalue weighted by Crippen LogP contribution is -2.04. The molecular weight excluding hydrogens is 212 g/mol. The molecule has 2 aromatic heterocycles. The Bertz CT molecular complexity index is 478. The maximum absolute atomic E-state index is 5.73. The molecule has 0 aromatic carbocycles. The zero-order valence-corrected chi connectivity index (χ0v) is 9.36. The molecule has 0 saturated carbocycles. The van der Waals surface area contributed by atoms with Gasteiger partial charge in [0.25, 0.3) is 5.95 Å². The van der Waals surface area contributed by atoms with Crippen molar-refractivity contribution in [3.05, 3.63) is 35.4 Å². The molecule has 0 aliphatic heterocycles. The number of hydrogen-bond acceptors (Lipinski definition) is 3. The summed E-state index contributed by atoms with van der Waals surface area (Å²) in [6.45, 7) is 3.89. The van der Waals surface area contributed by atoms with Crippen LogP contribution in [0, 0.1) is 13.8 Å². The van der Waals surface area contributed by atoms with Gasteiger partial charge in [0.05, 0.1) is 12.1 Å². The van der Waals surface area contributed by atoms with Crippen molar-refractivity contribution in [2.45, 2.75) is 19.7 Å². The molecule has 2 rings (SSSR count). The second-order valence-corrected chi connectivity index (χ2v) is 3.64. The molecular formula is C10H11ClN4. The van der Waals surface area contributed by atoms with Gasteiger partial charge in [-0.05, 0) is 19.4 Å². The van der Waals surface area contributed by atoms with E-state index in [-0.39, 0.29) is 0 Å². The van der Waals surface area contributed by atoms with Crippen LogP contribution in [-0.4, -0.2) is 19.7 Å². The van der Waals surface area contributed by atoms with Crippen molar-refractivity contribution in [1.29, 1.82) is 0 Å². The van der Waals surface area contributed by atoms with Crippen molar-refractivity contribution in [2.24, 2.45) is 0 Å². The molecule has 0 radical (unpaired) electrons. The van der Waals surface area contributed by atoms with Gasteiger partial charge >= 0.3 is 0 Å². The maximum atomic E-state index is 5.73. The molecule has 0 atom stereocenters. The Hall–Kier alpha value is -1.42. The highest BCUT2D eigenvalue weighted by atomic mass is 35.5. The van der Waals surface area contributed by atoms with E-state index >= 15 is 0 Å². The zero-order valence-electron chi connectivity index (χ0n) is 8.61. The van der Waals surface area contributed by atoms with Crippen LogP contribution in [0.4, 0.5) is 0 Å². The number of rotatable bonds is 2. The fourth-order valence-corrected chi connectivity index (χ4v) is 1.51. The predicted molar refractivity (Wildman–Crippen MR) is 58.2 cm³/mol. The topological polar surface area (TPSA) is 43.6 Å². The summed E-state index contributed by atoms with van der Waals surface area (Å²) >= 11 is 5.73. The first-order valence-electron chi connectivity index (χ1n) is 4.61. The summed E-state index contributed by atoms with van der Waals surface area (Å²) < 4.78 is 1.65. The summed E-state index contributed by atoms with van der Waals surface area (Å²) in [5.41, 5.74) is 2.92. The van der Waals surface area contributed by atoms with Crippen molar-refractivity contribution >= 4 is 11.6 Å². The molecule has 0 aliphatic carbocycles. The van der Waals surface area contributed by atoms with Gasteiger partial charge in [0.2, 0.25) is 0 Å². The van der Waals surface area contributed by atoms with E-state index in [1.165, 1.54) is 0 Å². The van der Waals surface area contributed by atoms with Gasteiger partial charge in [-0.25, -0.2) is 14.6 Å². The highest BCUT2D eigenvalue weighted by molar-refractivity contribution is 6.17. The molecule has 2 heterocycles. The Labute approximate surface area is 92.9 Å². The fourth-order valence-electron chi connectivity index (χ4n) is 1.24. The Morgan fingerprint density at radius 1 is 1.33 bits per heavy atom. The summed E-state index contributed by atoms with van der Waals surface area (Å²) in [5, 5.41) is 4.14. The van der Waals surface area contributed by atoms with Crippen molar-refractivity contribution in [1.82, 2.24) is 19.7 Å². The highest BCUT2D eigenvalue weighted by Gasteiger charge is 2.04. The zero-order chi connectivity index (χ0) is 10.8. The smallest absolute Gasteiger partial charge is 0.219 e. The third-order valence-corrected chi connectivity index (χ3v) is 2.42. The van der Waals surface area contributed by atoms with Crippen LogP contribution >= 0.6 is 11.6 Å². The van der Waals surface area contributed by atoms with Gasteiger partial charge in [-0.2, -0.15) is 5.10 Å². The summed E-state index contributed by atoms with van der Waals surface area (Å²) in [6, 6.07) is 0. The largest absolute Gasteiger partial charge is 0.250 e. The predicted octanol–water partition coefficient (Wildman–Crippen LogP) is 2.02. The molecule has 0 aliphatic rings. The van der Waals surface area contributed by atoms with Crippen LogP contribution in [-0.2, 0) is 5.88 Å². The SMILES string of the molecule is Cc1cnn(-c2ncc(CCl)c(C)n2)c1. The van der Waals surface area contributed by atoms with E-state index in [1.54, 1.807) is 17.1 Å². The number of aromatic nitrogens is 4. The first kappa shape index (κ1) is 10.1. The van der Waals surface area contributed by atoms with Crippen LogP contribution in [0.3, 0.4) is 0 Å². The number of hydrogen-bond donors (Lipinski definition) is 0. The minimum atomic E-state index is 0.435. The van der Waals surface area contributed by atoms with Crippen molar-refractivity contribution < 1.29 is 0 Å². The van der Waals surface area contributed by atoms with Gasteiger partial charge in [-0.3, -0.25) is 0 Å². The first-order valence-corrected chi connectivity index (χ1v) is 5.14. The maximum Gasteiger partial charge on any atom is 0.250 e. The Morgan fingerprint density at radius 3 is 2.67 bits per heavy atom. The quantitative estimate of drug-likeness (QED) is 0.731. The number of aryl methyl sites for hydroxylation is 2. The van der Waals surface area contributed by atoms with Crippen LogP contribution in [0.25, 0.3) is 5.95 Å². The molecule has 0 fully saturated rings. The summed E-state index contributed by atoms with van der Waals surface area (Å²) in [6.07, 6.45) is 5.39. The van der Waals surface area contributed by atoms with Crippen LogP contribution in [0.15, 0.2) is 18.6 Å². The van der Waals surface area contributed by atoms with Crippen LogP contribution < -0.4 is 0 Å². The molecule has 0 spiro atoms. The van der Waals surface area contributed by atoms with E-state index in [9.17, 15) is 0 Å². The molecule has 0 unspecified atom stereocenters. The molecule has 2 aromatic rings. The normalized spacial score (nSPS) is 10.6. The second-order valence-electron chi connectivity index (χ2n) is 3.38. The molecule has 4 nitrogen and oxygen atoms in total. The molecule has 15 heavy (non-hydrogen) atoms. The first-order chi connectivity index (χ1) is 7.20. The lowest BCUT2D eigenvalue weighted by atomic mass is 10.3. The van der Waals surface area contributed by atoms with Crippen LogP contribution in [0.2, 0.25) is 0 Å². The molecule has 0 saturated heterocycles. The minimum Gasteiger partial charge on any atom is -0.219 e. The molecule has 0 N–H and O–H groups in total. The van der Waals surface area contributed by atoms with E-state index < -0.39 is 0 Å². The number of alkyl halides is 1. The van der Waals surface area contributed by atoms with E-state index in [4.69, 9.17) is 11.6 Å². The Balaban J connectivity index is 2.42. The van der Waals surface area contributed by atoms with E-state index in [1.807, 2.05) is 20.0 Å². The standard InChI is InChI=1S/C10H11ClN4/c1-7-4-13-15(6-7)10-12-5-9(3-11)8(2)14-10/h4-6H,3H2,1-2H3. The van der Waals surface area contributed by atoms with Gasteiger partial charge in [-0.1, -0.05) is 0 Å². The van der Waals surface area contributed by atoms with Crippen molar-refractivity contribution in [3.8, 4) is 5.95 Å². The summed E-state index contributed by atoms with van der Waals surface area (Å²) in [7, 11) is 0. The fraction of sp³-hybridized carbons (Fsp3) is 0.300. The molecule has 5 heteroatoms. The highest BCUT2D eigenvalue weighted by Crippen LogP contribution is 2.09. The molecule has 0 bridgehead atoms. The second kappa shape index (κ2) is 3.98. The average Bonchev–Trinajstić information content (AvgIpc) is 2.65. The van der Waals surface area contributed by atoms with E-state index in [0.29, 0.717) is 11.8 Å². The van der Waals surface area contributed by atoms with Crippen molar-refractivity contribution in [3.63, 3.8) is 0 Å². The van der Waals surface area contributed by atoms with E-state index in [0.717, 1.165) is 16.8 Å².